The molecule has 5 nitrogen and oxygen atoms in total. The van der Waals surface area contributed by atoms with Crippen molar-refractivity contribution in [2.24, 2.45) is 0 Å². The Morgan fingerprint density at radius 3 is 2.50 bits per heavy atom. The van der Waals surface area contributed by atoms with E-state index < -0.39 is 5.97 Å². The van der Waals surface area contributed by atoms with E-state index in [2.05, 4.69) is 17.2 Å². The topological polar surface area (TPSA) is 67.4 Å². The van der Waals surface area contributed by atoms with Crippen LogP contribution in [0.25, 0.3) is 0 Å². The minimum Gasteiger partial charge on any atom is -0.463 e. The zero-order valence-corrected chi connectivity index (χ0v) is 8.55. The number of rotatable bonds is 6. The lowest BCUT2D eigenvalue weighted by atomic mass is 10.3. The van der Waals surface area contributed by atoms with Crippen molar-refractivity contribution in [2.45, 2.75) is 6.92 Å². The van der Waals surface area contributed by atoms with Crippen molar-refractivity contribution in [1.29, 1.82) is 0 Å². The Morgan fingerprint density at radius 1 is 1.36 bits per heavy atom. The summed E-state index contributed by atoms with van der Waals surface area (Å²) in [6, 6.07) is 0. The van der Waals surface area contributed by atoms with Crippen LogP contribution in [0.2, 0.25) is 0 Å². The molecule has 0 aliphatic rings. The van der Waals surface area contributed by atoms with Gasteiger partial charge in [0, 0.05) is 19.2 Å². The van der Waals surface area contributed by atoms with Gasteiger partial charge in [0.15, 0.2) is 0 Å². The van der Waals surface area contributed by atoms with Gasteiger partial charge in [0.05, 0.1) is 13.2 Å². The van der Waals surface area contributed by atoms with Crippen LogP contribution >= 0.6 is 0 Å². The third-order valence-corrected chi connectivity index (χ3v) is 1.47. The number of hydrogen-bond donors (Lipinski definition) is 2. The van der Waals surface area contributed by atoms with Crippen LogP contribution in [0.1, 0.15) is 6.92 Å². The predicted molar refractivity (Wildman–Crippen MR) is 52.7 cm³/mol. The molecule has 0 aromatic carbocycles. The molecule has 0 spiro atoms. The van der Waals surface area contributed by atoms with Crippen molar-refractivity contribution < 1.29 is 14.3 Å². The van der Waals surface area contributed by atoms with Crippen molar-refractivity contribution in [3.8, 4) is 0 Å². The summed E-state index contributed by atoms with van der Waals surface area (Å²) in [5.74, 6) is -0.571. The van der Waals surface area contributed by atoms with Gasteiger partial charge in [0.1, 0.15) is 0 Å². The Morgan fingerprint density at radius 2 is 2.00 bits per heavy atom. The van der Waals surface area contributed by atoms with Gasteiger partial charge in [-0.05, 0) is 6.92 Å². The van der Waals surface area contributed by atoms with E-state index in [0.29, 0.717) is 12.2 Å². The van der Waals surface area contributed by atoms with E-state index in [4.69, 9.17) is 4.74 Å². The number of amides is 1. The molecule has 0 heterocycles. The third-order valence-electron chi connectivity index (χ3n) is 1.47. The fraction of sp³-hybridized carbons (Fsp3) is 0.556. The Bertz CT molecular complexity index is 226. The van der Waals surface area contributed by atoms with E-state index in [1.165, 1.54) is 0 Å². The maximum absolute atomic E-state index is 11.0. The highest BCUT2D eigenvalue weighted by Gasteiger charge is 2.07. The lowest BCUT2D eigenvalue weighted by molar-refractivity contribution is -0.138. The molecule has 0 saturated carbocycles. The zero-order valence-electron chi connectivity index (χ0n) is 8.55. The first-order valence-electron chi connectivity index (χ1n) is 4.38. The van der Waals surface area contributed by atoms with Crippen LogP contribution < -0.4 is 10.6 Å². The first-order chi connectivity index (χ1) is 6.61. The van der Waals surface area contributed by atoms with Crippen LogP contribution in [-0.2, 0) is 14.3 Å². The summed E-state index contributed by atoms with van der Waals surface area (Å²) in [6.45, 7) is 6.00. The minimum absolute atomic E-state index is 0.137. The Kier molecular flexibility index (Phi) is 6.39. The number of nitrogens with one attached hydrogen (secondary N) is 2. The summed E-state index contributed by atoms with van der Waals surface area (Å²) in [5.41, 5.74) is 0.316. The molecule has 2 N–H and O–H groups in total. The Labute approximate surface area is 83.5 Å². The molecule has 0 unspecified atom stereocenters. The monoisotopic (exact) mass is 200 g/mol. The molecule has 0 aliphatic carbocycles. The van der Waals surface area contributed by atoms with Crippen LogP contribution in [-0.4, -0.2) is 38.6 Å². The largest absolute Gasteiger partial charge is 0.463 e. The minimum atomic E-state index is -0.433. The molecular formula is C9H16N2O3. The third kappa shape index (κ3) is 5.31. The smallest absolute Gasteiger partial charge is 0.334 e. The summed E-state index contributed by atoms with van der Waals surface area (Å²) in [4.78, 5) is 21.8. The average molecular weight is 200 g/mol. The predicted octanol–water partition coefficient (Wildman–Crippen LogP) is -0.559. The maximum Gasteiger partial charge on any atom is 0.334 e. The molecule has 0 radical (unpaired) electrons. The van der Waals surface area contributed by atoms with Gasteiger partial charge >= 0.3 is 5.97 Å². The molecule has 0 atom stereocenters. The van der Waals surface area contributed by atoms with Gasteiger partial charge < -0.3 is 15.4 Å². The van der Waals surface area contributed by atoms with E-state index in [1.807, 2.05) is 0 Å². The van der Waals surface area contributed by atoms with Crippen LogP contribution in [0.5, 0.6) is 0 Å². The number of ether oxygens (including phenoxy) is 1. The van der Waals surface area contributed by atoms with Crippen molar-refractivity contribution in [3.63, 3.8) is 0 Å². The molecule has 0 bridgehead atoms. The molecule has 80 valence electrons. The van der Waals surface area contributed by atoms with Gasteiger partial charge in [-0.15, -0.1) is 0 Å². The van der Waals surface area contributed by atoms with Gasteiger partial charge in [0.25, 0.3) is 0 Å². The first kappa shape index (κ1) is 12.6. The zero-order chi connectivity index (χ0) is 11.0. The van der Waals surface area contributed by atoms with E-state index >= 15 is 0 Å². The van der Waals surface area contributed by atoms with Crippen LogP contribution in [0.3, 0.4) is 0 Å². The molecule has 1 amide bonds. The number of esters is 1. The second kappa shape index (κ2) is 7.08. The standard InChI is InChI=1S/C9H16N2O3/c1-4-14-9(13)7(2)5-11-6-8(12)10-3/h11H,2,4-6H2,1,3H3,(H,10,12). The fourth-order valence-electron chi connectivity index (χ4n) is 0.721. The van der Waals surface area contributed by atoms with E-state index in [0.717, 1.165) is 0 Å². The highest BCUT2D eigenvalue weighted by Crippen LogP contribution is 1.91. The lowest BCUT2D eigenvalue weighted by Crippen LogP contribution is -2.33. The van der Waals surface area contributed by atoms with Gasteiger partial charge in [-0.25, -0.2) is 4.79 Å². The Hall–Kier alpha value is -1.36. The summed E-state index contributed by atoms with van der Waals surface area (Å²) in [6.07, 6.45) is 0. The van der Waals surface area contributed by atoms with Gasteiger partial charge in [-0.3, -0.25) is 4.79 Å². The molecule has 0 fully saturated rings. The van der Waals surface area contributed by atoms with Crippen molar-refractivity contribution >= 4 is 11.9 Å². The maximum atomic E-state index is 11.0. The molecular weight excluding hydrogens is 184 g/mol. The van der Waals surface area contributed by atoms with Gasteiger partial charge in [-0.2, -0.15) is 0 Å². The van der Waals surface area contributed by atoms with Crippen molar-refractivity contribution in [1.82, 2.24) is 10.6 Å². The number of likely N-dealkylation sites (N-methyl/N-ethyl adjacent to an activating group) is 1. The van der Waals surface area contributed by atoms with Crippen LogP contribution in [0.15, 0.2) is 12.2 Å². The normalized spacial score (nSPS) is 9.29. The molecule has 0 rings (SSSR count). The first-order valence-corrected chi connectivity index (χ1v) is 4.38. The molecule has 0 aromatic rings. The molecule has 5 heteroatoms. The Balaban J connectivity index is 3.63. The average Bonchev–Trinajstić information content (AvgIpc) is 2.17. The highest BCUT2D eigenvalue weighted by molar-refractivity contribution is 5.88. The van der Waals surface area contributed by atoms with Crippen molar-refractivity contribution in [3.05, 3.63) is 12.2 Å². The molecule has 0 aromatic heterocycles. The molecule has 0 aliphatic heterocycles. The highest BCUT2D eigenvalue weighted by atomic mass is 16.5. The molecule has 14 heavy (non-hydrogen) atoms. The van der Waals surface area contributed by atoms with E-state index in [-0.39, 0.29) is 19.0 Å². The number of carbonyl (C=O) groups is 2. The fourth-order valence-corrected chi connectivity index (χ4v) is 0.721. The SMILES string of the molecule is C=C(CNCC(=O)NC)C(=O)OCC. The second-order valence-electron chi connectivity index (χ2n) is 2.60. The summed E-state index contributed by atoms with van der Waals surface area (Å²) < 4.78 is 4.71. The van der Waals surface area contributed by atoms with Crippen LogP contribution in [0.4, 0.5) is 0 Å². The lowest BCUT2D eigenvalue weighted by Gasteiger charge is -2.06. The quantitative estimate of drug-likeness (QED) is 0.445. The second-order valence-corrected chi connectivity index (χ2v) is 2.60. The van der Waals surface area contributed by atoms with E-state index in [1.54, 1.807) is 14.0 Å². The molecule has 0 saturated heterocycles. The summed E-state index contributed by atoms with van der Waals surface area (Å²) >= 11 is 0. The van der Waals surface area contributed by atoms with E-state index in [9.17, 15) is 9.59 Å². The summed E-state index contributed by atoms with van der Waals surface area (Å²) in [7, 11) is 1.55. The van der Waals surface area contributed by atoms with Crippen LogP contribution in [0, 0.1) is 0 Å². The van der Waals surface area contributed by atoms with Gasteiger partial charge in [0.2, 0.25) is 5.91 Å². The number of carbonyl (C=O) groups excluding carboxylic acids is 2. The summed E-state index contributed by atoms with van der Waals surface area (Å²) in [5, 5.41) is 5.21. The van der Waals surface area contributed by atoms with Gasteiger partial charge in [-0.1, -0.05) is 6.58 Å². The number of hydrogen-bond acceptors (Lipinski definition) is 4. The van der Waals surface area contributed by atoms with Crippen molar-refractivity contribution in [2.75, 3.05) is 26.7 Å².